The molecule has 1 amide bonds. The molecule has 5 nitrogen and oxygen atoms in total. The van der Waals surface area contributed by atoms with Gasteiger partial charge >= 0.3 is 5.97 Å². The molecular formula is C15H20N2O3S. The maximum Gasteiger partial charge on any atom is 0.326 e. The second kappa shape index (κ2) is 7.47. The van der Waals surface area contributed by atoms with E-state index in [4.69, 9.17) is 5.11 Å². The van der Waals surface area contributed by atoms with Gasteiger partial charge in [-0.3, -0.25) is 4.79 Å². The lowest BCUT2D eigenvalue weighted by atomic mass is 9.95. The van der Waals surface area contributed by atoms with Gasteiger partial charge in [0, 0.05) is 6.54 Å². The molecule has 2 atom stereocenters. The largest absolute Gasteiger partial charge is 0.480 e. The summed E-state index contributed by atoms with van der Waals surface area (Å²) in [6, 6.07) is 6.80. The Hall–Kier alpha value is -1.53. The predicted molar refractivity (Wildman–Crippen MR) is 83.3 cm³/mol. The molecule has 1 aliphatic rings. The molecule has 0 saturated carbocycles. The summed E-state index contributed by atoms with van der Waals surface area (Å²) in [5.41, 5.74) is 2.34. The van der Waals surface area contributed by atoms with Crippen LogP contribution in [0.15, 0.2) is 24.3 Å². The van der Waals surface area contributed by atoms with Crippen LogP contribution < -0.4 is 10.6 Å². The van der Waals surface area contributed by atoms with Crippen molar-refractivity contribution in [3.8, 4) is 0 Å². The van der Waals surface area contributed by atoms with Crippen molar-refractivity contribution in [2.24, 2.45) is 0 Å². The van der Waals surface area contributed by atoms with Gasteiger partial charge in [-0.25, -0.2) is 4.79 Å². The normalized spacial score (nSPS) is 18.6. The van der Waals surface area contributed by atoms with Crippen LogP contribution in [0.5, 0.6) is 0 Å². The molecule has 1 heterocycles. The molecule has 1 aromatic rings. The highest BCUT2D eigenvalue weighted by molar-refractivity contribution is 7.98. The molecule has 1 aliphatic heterocycles. The zero-order chi connectivity index (χ0) is 15.2. The topological polar surface area (TPSA) is 78.4 Å². The summed E-state index contributed by atoms with van der Waals surface area (Å²) in [7, 11) is 0. The maximum absolute atomic E-state index is 12.2. The van der Waals surface area contributed by atoms with Crippen molar-refractivity contribution in [3.05, 3.63) is 35.4 Å². The van der Waals surface area contributed by atoms with Gasteiger partial charge in [0.05, 0.1) is 6.04 Å². The minimum absolute atomic E-state index is 0.238. The maximum atomic E-state index is 12.2. The minimum Gasteiger partial charge on any atom is -0.480 e. The lowest BCUT2D eigenvalue weighted by Crippen LogP contribution is -2.52. The van der Waals surface area contributed by atoms with E-state index in [1.54, 1.807) is 11.8 Å². The monoisotopic (exact) mass is 308 g/mol. The third kappa shape index (κ3) is 4.22. The van der Waals surface area contributed by atoms with Crippen LogP contribution in [-0.2, 0) is 22.6 Å². The van der Waals surface area contributed by atoms with Crippen molar-refractivity contribution in [1.29, 1.82) is 0 Å². The van der Waals surface area contributed by atoms with Gasteiger partial charge in [-0.2, -0.15) is 11.8 Å². The molecule has 0 aromatic heterocycles. The summed E-state index contributed by atoms with van der Waals surface area (Å²) >= 11 is 1.57. The minimum atomic E-state index is -0.978. The second-order valence-electron chi connectivity index (χ2n) is 5.09. The van der Waals surface area contributed by atoms with E-state index in [0.29, 0.717) is 25.1 Å². The summed E-state index contributed by atoms with van der Waals surface area (Å²) in [6.07, 6.45) is 2.95. The Labute approximate surface area is 128 Å². The number of benzene rings is 1. The van der Waals surface area contributed by atoms with Crippen LogP contribution in [0.4, 0.5) is 0 Å². The van der Waals surface area contributed by atoms with E-state index >= 15 is 0 Å². The average molecular weight is 308 g/mol. The Morgan fingerprint density at radius 1 is 1.43 bits per heavy atom. The molecule has 3 N–H and O–H groups in total. The van der Waals surface area contributed by atoms with Crippen LogP contribution >= 0.6 is 11.8 Å². The molecule has 1 aromatic carbocycles. The highest BCUT2D eigenvalue weighted by Crippen LogP contribution is 2.16. The summed E-state index contributed by atoms with van der Waals surface area (Å²) in [6.45, 7) is 0.636. The first-order valence-corrected chi connectivity index (χ1v) is 8.33. The first-order chi connectivity index (χ1) is 10.1. The molecule has 6 heteroatoms. The molecule has 0 aliphatic carbocycles. The van der Waals surface area contributed by atoms with Crippen LogP contribution in [0, 0.1) is 0 Å². The zero-order valence-corrected chi connectivity index (χ0v) is 12.8. The van der Waals surface area contributed by atoms with Crippen molar-refractivity contribution < 1.29 is 14.7 Å². The van der Waals surface area contributed by atoms with Gasteiger partial charge in [-0.1, -0.05) is 24.3 Å². The summed E-state index contributed by atoms with van der Waals surface area (Å²) in [5, 5.41) is 15.0. The number of hydrogen-bond donors (Lipinski definition) is 3. The zero-order valence-electron chi connectivity index (χ0n) is 12.0. The Bertz CT molecular complexity index is 521. The lowest BCUT2D eigenvalue weighted by molar-refractivity contribution is -0.142. The SMILES string of the molecule is CSCCC(NC(=O)[C@@H]1Cc2ccccc2CN1)C(=O)O. The molecule has 21 heavy (non-hydrogen) atoms. The molecule has 0 spiro atoms. The quantitative estimate of drug-likeness (QED) is 0.731. The summed E-state index contributed by atoms with van der Waals surface area (Å²) in [4.78, 5) is 23.4. The Morgan fingerprint density at radius 2 is 2.14 bits per heavy atom. The Balaban J connectivity index is 1.96. The summed E-state index contributed by atoms with van der Waals surface area (Å²) < 4.78 is 0. The Morgan fingerprint density at radius 3 is 2.81 bits per heavy atom. The van der Waals surface area contributed by atoms with Crippen molar-refractivity contribution >= 4 is 23.6 Å². The first kappa shape index (κ1) is 15.9. The predicted octanol–water partition coefficient (Wildman–Crippen LogP) is 1.02. The number of carboxylic acid groups (broad SMARTS) is 1. The number of rotatable bonds is 6. The van der Waals surface area contributed by atoms with E-state index in [2.05, 4.69) is 10.6 Å². The van der Waals surface area contributed by atoms with Crippen LogP contribution in [0.1, 0.15) is 17.5 Å². The molecular weight excluding hydrogens is 288 g/mol. The van der Waals surface area contributed by atoms with Gasteiger partial charge < -0.3 is 15.7 Å². The smallest absolute Gasteiger partial charge is 0.326 e. The number of thioether (sulfide) groups is 1. The van der Waals surface area contributed by atoms with Gasteiger partial charge in [0.1, 0.15) is 6.04 Å². The number of nitrogens with one attached hydrogen (secondary N) is 2. The van der Waals surface area contributed by atoms with E-state index in [9.17, 15) is 9.59 Å². The Kier molecular flexibility index (Phi) is 5.64. The third-order valence-corrected chi connectivity index (χ3v) is 4.27. The van der Waals surface area contributed by atoms with Gasteiger partial charge in [-0.15, -0.1) is 0 Å². The van der Waals surface area contributed by atoms with E-state index in [1.165, 1.54) is 5.56 Å². The number of fused-ring (bicyclic) bond motifs is 1. The van der Waals surface area contributed by atoms with Gasteiger partial charge in [-0.05, 0) is 36.0 Å². The second-order valence-corrected chi connectivity index (χ2v) is 6.07. The van der Waals surface area contributed by atoms with E-state index < -0.39 is 12.0 Å². The fourth-order valence-corrected chi connectivity index (χ4v) is 2.88. The van der Waals surface area contributed by atoms with Crippen molar-refractivity contribution in [2.75, 3.05) is 12.0 Å². The van der Waals surface area contributed by atoms with E-state index in [1.807, 2.05) is 30.5 Å². The van der Waals surface area contributed by atoms with Crippen LogP contribution in [0.3, 0.4) is 0 Å². The fraction of sp³-hybridized carbons (Fsp3) is 0.467. The van der Waals surface area contributed by atoms with Gasteiger partial charge in [0.15, 0.2) is 0 Å². The van der Waals surface area contributed by atoms with Crippen LogP contribution in [0.25, 0.3) is 0 Å². The highest BCUT2D eigenvalue weighted by Gasteiger charge is 2.27. The fourth-order valence-electron chi connectivity index (χ4n) is 2.41. The molecule has 0 radical (unpaired) electrons. The van der Waals surface area contributed by atoms with E-state index in [0.717, 1.165) is 5.56 Å². The number of amides is 1. The average Bonchev–Trinajstić information content (AvgIpc) is 2.50. The highest BCUT2D eigenvalue weighted by atomic mass is 32.2. The summed E-state index contributed by atoms with van der Waals surface area (Å²) in [5.74, 6) is -0.510. The number of carboxylic acids is 1. The van der Waals surface area contributed by atoms with Crippen molar-refractivity contribution in [2.45, 2.75) is 31.5 Å². The van der Waals surface area contributed by atoms with Gasteiger partial charge in [0.2, 0.25) is 5.91 Å². The third-order valence-electron chi connectivity index (χ3n) is 3.62. The number of aliphatic carboxylic acids is 1. The number of carbonyl (C=O) groups is 2. The number of carbonyl (C=O) groups excluding carboxylic acids is 1. The van der Waals surface area contributed by atoms with Crippen LogP contribution in [-0.4, -0.2) is 41.1 Å². The molecule has 2 rings (SSSR count). The molecule has 114 valence electrons. The van der Waals surface area contributed by atoms with Gasteiger partial charge in [0.25, 0.3) is 0 Å². The standard InChI is InChI=1S/C15H20N2O3S/c1-21-7-6-12(15(19)20)17-14(18)13-8-10-4-2-3-5-11(10)9-16-13/h2-5,12-13,16H,6-9H2,1H3,(H,17,18)(H,19,20)/t12?,13-/m0/s1. The van der Waals surface area contributed by atoms with Crippen molar-refractivity contribution in [3.63, 3.8) is 0 Å². The molecule has 0 fully saturated rings. The van der Waals surface area contributed by atoms with Crippen LogP contribution in [0.2, 0.25) is 0 Å². The molecule has 0 bridgehead atoms. The molecule has 0 saturated heterocycles. The molecule has 1 unspecified atom stereocenters. The number of hydrogen-bond acceptors (Lipinski definition) is 4. The first-order valence-electron chi connectivity index (χ1n) is 6.94. The lowest BCUT2D eigenvalue weighted by Gasteiger charge is -2.26. The van der Waals surface area contributed by atoms with E-state index in [-0.39, 0.29) is 11.9 Å². The van der Waals surface area contributed by atoms with Crippen molar-refractivity contribution in [1.82, 2.24) is 10.6 Å².